The van der Waals surface area contributed by atoms with Gasteiger partial charge < -0.3 is 5.73 Å². The largest absolute Gasteiger partial charge is 0.390 e. The third-order valence-electron chi connectivity index (χ3n) is 5.48. The molecule has 0 radical (unpaired) electrons. The monoisotopic (exact) mass is 390 g/mol. The molecule has 2 N–H and O–H groups in total. The minimum atomic E-state index is 0.0572. The number of carbonyl (C=O) groups excluding carboxylic acids is 1. The van der Waals surface area contributed by atoms with Crippen molar-refractivity contribution in [3.8, 4) is 0 Å². The lowest BCUT2D eigenvalue weighted by molar-refractivity contribution is 0.103. The molecule has 0 saturated carbocycles. The van der Waals surface area contributed by atoms with Crippen molar-refractivity contribution in [2.45, 2.75) is 39.3 Å². The molecule has 0 bridgehead atoms. The first-order valence-electron chi connectivity index (χ1n) is 9.84. The summed E-state index contributed by atoms with van der Waals surface area (Å²) in [7, 11) is 0. The van der Waals surface area contributed by atoms with Crippen LogP contribution in [0.25, 0.3) is 0 Å². The van der Waals surface area contributed by atoms with Crippen LogP contribution in [-0.4, -0.2) is 17.2 Å². The van der Waals surface area contributed by atoms with Crippen molar-refractivity contribution in [3.63, 3.8) is 0 Å². The number of carbonyl (C=O) groups is 1. The van der Waals surface area contributed by atoms with Gasteiger partial charge in [-0.05, 0) is 29.0 Å². The van der Waals surface area contributed by atoms with Gasteiger partial charge in [-0.2, -0.15) is 0 Å². The molecule has 0 amide bonds. The van der Waals surface area contributed by atoms with Crippen molar-refractivity contribution >= 4 is 22.1 Å². The minimum Gasteiger partial charge on any atom is -0.390 e. The summed E-state index contributed by atoms with van der Waals surface area (Å²) in [5, 5.41) is 0.657. The van der Waals surface area contributed by atoms with Crippen molar-refractivity contribution in [2.75, 3.05) is 12.3 Å². The SMILES string of the molecule is CC(C)c1ccc(C(=O)c2c(N)sc3c2CCN(Cc2ccccc2)C3)cc1. The molecular formula is C24H26N2OS. The molecule has 2 aromatic carbocycles. The predicted octanol–water partition coefficient (Wildman–Crippen LogP) is 5.24. The highest BCUT2D eigenvalue weighted by atomic mass is 32.1. The Balaban J connectivity index is 1.55. The Morgan fingerprint density at radius 1 is 1.11 bits per heavy atom. The first-order valence-corrected chi connectivity index (χ1v) is 10.7. The molecule has 2 heterocycles. The summed E-state index contributed by atoms with van der Waals surface area (Å²) in [5.41, 5.74) is 11.5. The molecule has 0 atom stereocenters. The maximum atomic E-state index is 13.2. The van der Waals surface area contributed by atoms with E-state index in [2.05, 4.69) is 55.1 Å². The van der Waals surface area contributed by atoms with E-state index in [1.165, 1.54) is 16.0 Å². The first-order chi connectivity index (χ1) is 13.5. The maximum absolute atomic E-state index is 13.2. The van der Waals surface area contributed by atoms with E-state index in [1.807, 2.05) is 18.2 Å². The Labute approximate surface area is 170 Å². The third-order valence-corrected chi connectivity index (χ3v) is 6.52. The van der Waals surface area contributed by atoms with Crippen molar-refractivity contribution < 1.29 is 4.79 Å². The number of ketones is 1. The van der Waals surface area contributed by atoms with E-state index in [0.717, 1.165) is 42.7 Å². The van der Waals surface area contributed by atoms with Crippen LogP contribution in [0.4, 0.5) is 5.00 Å². The van der Waals surface area contributed by atoms with Gasteiger partial charge in [-0.1, -0.05) is 68.4 Å². The average molecular weight is 391 g/mol. The van der Waals surface area contributed by atoms with Gasteiger partial charge in [-0.25, -0.2) is 0 Å². The number of fused-ring (bicyclic) bond motifs is 1. The number of nitrogens with two attached hydrogens (primary N) is 1. The Hall–Kier alpha value is -2.43. The van der Waals surface area contributed by atoms with E-state index in [-0.39, 0.29) is 5.78 Å². The van der Waals surface area contributed by atoms with Crippen LogP contribution in [0.3, 0.4) is 0 Å². The number of thiophene rings is 1. The lowest BCUT2D eigenvalue weighted by Gasteiger charge is -2.27. The number of anilines is 1. The first kappa shape index (κ1) is 18.9. The second kappa shape index (κ2) is 7.90. The lowest BCUT2D eigenvalue weighted by atomic mass is 9.94. The minimum absolute atomic E-state index is 0.0572. The highest BCUT2D eigenvalue weighted by Gasteiger charge is 2.27. The molecule has 1 aliphatic heterocycles. The van der Waals surface area contributed by atoms with E-state index >= 15 is 0 Å². The molecule has 1 aliphatic rings. The molecule has 4 rings (SSSR count). The van der Waals surface area contributed by atoms with Crippen molar-refractivity contribution in [1.29, 1.82) is 0 Å². The molecule has 0 saturated heterocycles. The number of rotatable bonds is 5. The average Bonchev–Trinajstić information content (AvgIpc) is 3.03. The van der Waals surface area contributed by atoms with Crippen LogP contribution in [0.5, 0.6) is 0 Å². The van der Waals surface area contributed by atoms with Gasteiger partial charge in [0.1, 0.15) is 0 Å². The van der Waals surface area contributed by atoms with Crippen LogP contribution >= 0.6 is 11.3 Å². The van der Waals surface area contributed by atoms with E-state index in [1.54, 1.807) is 11.3 Å². The van der Waals surface area contributed by atoms with Crippen LogP contribution in [0.1, 0.15) is 57.3 Å². The smallest absolute Gasteiger partial charge is 0.196 e. The molecule has 3 nitrogen and oxygen atoms in total. The van der Waals surface area contributed by atoms with E-state index < -0.39 is 0 Å². The second-order valence-corrected chi connectivity index (χ2v) is 8.93. The zero-order valence-electron chi connectivity index (χ0n) is 16.4. The third kappa shape index (κ3) is 3.75. The van der Waals surface area contributed by atoms with Gasteiger partial charge in [0.05, 0.1) is 10.6 Å². The van der Waals surface area contributed by atoms with Crippen LogP contribution in [0.15, 0.2) is 54.6 Å². The van der Waals surface area contributed by atoms with Crippen LogP contribution in [-0.2, 0) is 19.5 Å². The fourth-order valence-electron chi connectivity index (χ4n) is 3.87. The molecule has 0 aliphatic carbocycles. The summed E-state index contributed by atoms with van der Waals surface area (Å²) < 4.78 is 0. The Kier molecular flexibility index (Phi) is 5.33. The summed E-state index contributed by atoms with van der Waals surface area (Å²) in [6.45, 7) is 7.05. The molecular weight excluding hydrogens is 364 g/mol. The number of benzene rings is 2. The molecule has 28 heavy (non-hydrogen) atoms. The van der Waals surface area contributed by atoms with Gasteiger partial charge in [0, 0.05) is 30.1 Å². The highest BCUT2D eigenvalue weighted by molar-refractivity contribution is 7.16. The summed E-state index contributed by atoms with van der Waals surface area (Å²) in [6.07, 6.45) is 0.876. The Morgan fingerprint density at radius 2 is 1.82 bits per heavy atom. The van der Waals surface area contributed by atoms with Gasteiger partial charge in [0.25, 0.3) is 0 Å². The fourth-order valence-corrected chi connectivity index (χ4v) is 5.02. The number of hydrogen-bond donors (Lipinski definition) is 1. The Morgan fingerprint density at radius 3 is 2.50 bits per heavy atom. The van der Waals surface area contributed by atoms with Crippen molar-refractivity contribution in [1.82, 2.24) is 4.90 Å². The number of nitrogen functional groups attached to an aromatic ring is 1. The molecule has 0 fully saturated rings. The predicted molar refractivity (Wildman–Crippen MR) is 117 cm³/mol. The van der Waals surface area contributed by atoms with E-state index in [4.69, 9.17) is 5.73 Å². The quantitative estimate of drug-likeness (QED) is 0.606. The van der Waals surface area contributed by atoms with Gasteiger partial charge in [0.15, 0.2) is 5.78 Å². The maximum Gasteiger partial charge on any atom is 0.196 e. The van der Waals surface area contributed by atoms with Crippen LogP contribution in [0.2, 0.25) is 0 Å². The lowest BCUT2D eigenvalue weighted by Crippen LogP contribution is -2.29. The zero-order chi connectivity index (χ0) is 19.7. The summed E-state index contributed by atoms with van der Waals surface area (Å²) in [5.74, 6) is 0.514. The fraction of sp³-hybridized carbons (Fsp3) is 0.292. The van der Waals surface area contributed by atoms with E-state index in [0.29, 0.717) is 10.9 Å². The topological polar surface area (TPSA) is 46.3 Å². The van der Waals surface area contributed by atoms with Gasteiger partial charge in [-0.3, -0.25) is 9.69 Å². The number of nitrogens with zero attached hydrogens (tertiary/aromatic N) is 1. The summed E-state index contributed by atoms with van der Waals surface area (Å²) in [4.78, 5) is 16.8. The van der Waals surface area contributed by atoms with E-state index in [9.17, 15) is 4.79 Å². The standard InChI is InChI=1S/C24H26N2OS/c1-16(2)18-8-10-19(11-9-18)23(27)22-20-12-13-26(15-21(20)28-24(22)25)14-17-6-4-3-5-7-17/h3-11,16H,12-15,25H2,1-2H3. The van der Waals surface area contributed by atoms with Crippen molar-refractivity contribution in [3.05, 3.63) is 87.3 Å². The van der Waals surface area contributed by atoms with Gasteiger partial charge >= 0.3 is 0 Å². The Bertz CT molecular complexity index is 974. The summed E-state index contributed by atoms with van der Waals surface area (Å²) in [6, 6.07) is 18.5. The molecule has 144 valence electrons. The molecule has 0 unspecified atom stereocenters. The second-order valence-electron chi connectivity index (χ2n) is 7.80. The van der Waals surface area contributed by atoms with Crippen molar-refractivity contribution in [2.24, 2.45) is 0 Å². The molecule has 3 aromatic rings. The molecule has 1 aromatic heterocycles. The molecule has 0 spiro atoms. The van der Waals surface area contributed by atoms with Crippen LogP contribution in [0, 0.1) is 0 Å². The normalized spacial score (nSPS) is 14.2. The van der Waals surface area contributed by atoms with Gasteiger partial charge in [0.2, 0.25) is 0 Å². The summed E-state index contributed by atoms with van der Waals surface area (Å²) >= 11 is 1.58. The van der Waals surface area contributed by atoms with Gasteiger partial charge in [-0.15, -0.1) is 11.3 Å². The zero-order valence-corrected chi connectivity index (χ0v) is 17.3. The number of hydrogen-bond acceptors (Lipinski definition) is 4. The highest BCUT2D eigenvalue weighted by Crippen LogP contribution is 2.37. The van der Waals surface area contributed by atoms with Crippen LogP contribution < -0.4 is 5.73 Å². The molecule has 4 heteroatoms.